The fraction of sp³-hybridized carbons (Fsp3) is 0.263. The number of nitrogens with one attached hydrogen (secondary N) is 2. The number of carbonyl (C=O) groups is 2. The Labute approximate surface area is 145 Å². The summed E-state index contributed by atoms with van der Waals surface area (Å²) < 4.78 is 26.2. The van der Waals surface area contributed by atoms with Crippen LogP contribution in [0.25, 0.3) is 0 Å². The summed E-state index contributed by atoms with van der Waals surface area (Å²) in [5.74, 6) is -2.94. The zero-order valence-corrected chi connectivity index (χ0v) is 13.9. The highest BCUT2D eigenvalue weighted by atomic mass is 19.2. The normalized spacial score (nSPS) is 11.6. The SMILES string of the molecule is C[C@H](C(=O)NCCCNC(=O)c1ccccc1)c1ccc(F)c(F)c1. The highest BCUT2D eigenvalue weighted by Crippen LogP contribution is 2.18. The van der Waals surface area contributed by atoms with Crippen LogP contribution >= 0.6 is 0 Å². The van der Waals surface area contributed by atoms with E-state index in [0.29, 0.717) is 30.6 Å². The Kier molecular flexibility index (Phi) is 6.62. The molecule has 1 atom stereocenters. The quantitative estimate of drug-likeness (QED) is 0.757. The minimum Gasteiger partial charge on any atom is -0.356 e. The van der Waals surface area contributed by atoms with Crippen molar-refractivity contribution in [2.75, 3.05) is 13.1 Å². The van der Waals surface area contributed by atoms with Crippen molar-refractivity contribution in [2.24, 2.45) is 0 Å². The number of halogens is 2. The predicted octanol–water partition coefficient (Wildman–Crippen LogP) is 3.00. The molecule has 0 aromatic heterocycles. The van der Waals surface area contributed by atoms with Crippen molar-refractivity contribution >= 4 is 11.8 Å². The summed E-state index contributed by atoms with van der Waals surface area (Å²) in [6.07, 6.45) is 0.564. The second kappa shape index (κ2) is 8.92. The minimum atomic E-state index is -0.972. The molecule has 0 spiro atoms. The van der Waals surface area contributed by atoms with Gasteiger partial charge in [-0.15, -0.1) is 0 Å². The topological polar surface area (TPSA) is 58.2 Å². The van der Waals surface area contributed by atoms with Gasteiger partial charge in [-0.05, 0) is 43.2 Å². The molecule has 0 unspecified atom stereocenters. The molecule has 2 aromatic rings. The third kappa shape index (κ3) is 5.38. The van der Waals surface area contributed by atoms with Gasteiger partial charge in [-0.25, -0.2) is 8.78 Å². The van der Waals surface area contributed by atoms with Crippen LogP contribution < -0.4 is 10.6 Å². The van der Waals surface area contributed by atoms with E-state index in [4.69, 9.17) is 0 Å². The molecule has 0 aliphatic heterocycles. The molecule has 0 saturated carbocycles. The Bertz CT molecular complexity index is 735. The zero-order chi connectivity index (χ0) is 18.2. The monoisotopic (exact) mass is 346 g/mol. The van der Waals surface area contributed by atoms with Crippen molar-refractivity contribution in [1.29, 1.82) is 0 Å². The van der Waals surface area contributed by atoms with Crippen LogP contribution in [0.1, 0.15) is 35.2 Å². The maximum absolute atomic E-state index is 13.2. The molecular formula is C19H20F2N2O2. The highest BCUT2D eigenvalue weighted by molar-refractivity contribution is 5.94. The average Bonchev–Trinajstić information content (AvgIpc) is 2.63. The van der Waals surface area contributed by atoms with Gasteiger partial charge in [0.15, 0.2) is 11.6 Å². The lowest BCUT2D eigenvalue weighted by molar-refractivity contribution is -0.122. The van der Waals surface area contributed by atoms with Crippen LogP contribution in [-0.2, 0) is 4.79 Å². The molecular weight excluding hydrogens is 326 g/mol. The first-order valence-corrected chi connectivity index (χ1v) is 8.05. The summed E-state index contributed by atoms with van der Waals surface area (Å²) in [5.41, 5.74) is 0.993. The van der Waals surface area contributed by atoms with Crippen LogP contribution in [0.3, 0.4) is 0 Å². The van der Waals surface area contributed by atoms with Crippen LogP contribution in [0.5, 0.6) is 0 Å². The zero-order valence-electron chi connectivity index (χ0n) is 13.9. The lowest BCUT2D eigenvalue weighted by Crippen LogP contribution is -2.32. The van der Waals surface area contributed by atoms with Crippen molar-refractivity contribution < 1.29 is 18.4 Å². The van der Waals surface area contributed by atoms with Crippen LogP contribution in [0.15, 0.2) is 48.5 Å². The van der Waals surface area contributed by atoms with Gasteiger partial charge in [0, 0.05) is 18.7 Å². The molecule has 0 heterocycles. The van der Waals surface area contributed by atoms with Gasteiger partial charge in [-0.2, -0.15) is 0 Å². The summed E-state index contributed by atoms with van der Waals surface area (Å²) in [5, 5.41) is 5.49. The Morgan fingerprint density at radius 2 is 1.64 bits per heavy atom. The van der Waals surface area contributed by atoms with Crippen molar-refractivity contribution in [1.82, 2.24) is 10.6 Å². The number of amides is 2. The average molecular weight is 346 g/mol. The van der Waals surface area contributed by atoms with Crippen molar-refractivity contribution in [2.45, 2.75) is 19.3 Å². The van der Waals surface area contributed by atoms with Crippen molar-refractivity contribution in [3.05, 3.63) is 71.3 Å². The molecule has 2 N–H and O–H groups in total. The largest absolute Gasteiger partial charge is 0.356 e. The van der Waals surface area contributed by atoms with Gasteiger partial charge in [0.25, 0.3) is 5.91 Å². The molecule has 132 valence electrons. The molecule has 2 aromatic carbocycles. The van der Waals surface area contributed by atoms with E-state index in [0.717, 1.165) is 12.1 Å². The molecule has 0 saturated heterocycles. The van der Waals surface area contributed by atoms with Gasteiger partial charge in [0.2, 0.25) is 5.91 Å². The fourth-order valence-corrected chi connectivity index (χ4v) is 2.28. The second-order valence-electron chi connectivity index (χ2n) is 5.66. The summed E-state index contributed by atoms with van der Waals surface area (Å²) in [6.45, 7) is 2.43. The number of carbonyl (C=O) groups excluding carboxylic acids is 2. The molecule has 6 heteroatoms. The molecule has 0 aliphatic carbocycles. The fourth-order valence-electron chi connectivity index (χ4n) is 2.28. The first-order valence-electron chi connectivity index (χ1n) is 8.05. The van der Waals surface area contributed by atoms with Crippen LogP contribution in [-0.4, -0.2) is 24.9 Å². The van der Waals surface area contributed by atoms with Crippen LogP contribution in [0, 0.1) is 11.6 Å². The molecule has 25 heavy (non-hydrogen) atoms. The van der Waals surface area contributed by atoms with E-state index in [1.165, 1.54) is 6.07 Å². The van der Waals surface area contributed by atoms with E-state index in [9.17, 15) is 18.4 Å². The Balaban J connectivity index is 1.71. The molecule has 2 rings (SSSR count). The van der Waals surface area contributed by atoms with E-state index in [2.05, 4.69) is 10.6 Å². The van der Waals surface area contributed by atoms with Crippen molar-refractivity contribution in [3.8, 4) is 0 Å². The summed E-state index contributed by atoms with van der Waals surface area (Å²) >= 11 is 0. The third-order valence-electron chi connectivity index (χ3n) is 3.81. The molecule has 0 aliphatic rings. The van der Waals surface area contributed by atoms with E-state index in [-0.39, 0.29) is 11.8 Å². The van der Waals surface area contributed by atoms with Crippen LogP contribution in [0.2, 0.25) is 0 Å². The first-order chi connectivity index (χ1) is 12.0. The van der Waals surface area contributed by atoms with Crippen LogP contribution in [0.4, 0.5) is 8.78 Å². The smallest absolute Gasteiger partial charge is 0.251 e. The van der Waals surface area contributed by atoms with E-state index in [1.54, 1.807) is 31.2 Å². The van der Waals surface area contributed by atoms with Gasteiger partial charge in [-0.1, -0.05) is 24.3 Å². The lowest BCUT2D eigenvalue weighted by atomic mass is 10.00. The predicted molar refractivity (Wildman–Crippen MR) is 91.2 cm³/mol. The maximum Gasteiger partial charge on any atom is 0.251 e. The first kappa shape index (κ1) is 18.6. The minimum absolute atomic E-state index is 0.165. The second-order valence-corrected chi connectivity index (χ2v) is 5.66. The molecule has 2 amide bonds. The molecule has 0 fully saturated rings. The lowest BCUT2D eigenvalue weighted by Gasteiger charge is -2.13. The van der Waals surface area contributed by atoms with Gasteiger partial charge in [0.1, 0.15) is 0 Å². The molecule has 4 nitrogen and oxygen atoms in total. The maximum atomic E-state index is 13.2. The summed E-state index contributed by atoms with van der Waals surface area (Å²) in [7, 11) is 0. The van der Waals surface area contributed by atoms with Gasteiger partial charge < -0.3 is 10.6 Å². The Morgan fingerprint density at radius 3 is 2.32 bits per heavy atom. The van der Waals surface area contributed by atoms with Gasteiger partial charge in [0.05, 0.1) is 5.92 Å². The molecule has 0 bridgehead atoms. The molecule has 0 radical (unpaired) electrons. The number of hydrogen-bond acceptors (Lipinski definition) is 2. The number of rotatable bonds is 7. The summed E-state index contributed by atoms with van der Waals surface area (Å²) in [6, 6.07) is 12.3. The van der Waals surface area contributed by atoms with Gasteiger partial charge in [-0.3, -0.25) is 9.59 Å². The Morgan fingerprint density at radius 1 is 0.960 bits per heavy atom. The van der Waals surface area contributed by atoms with Gasteiger partial charge >= 0.3 is 0 Å². The number of benzene rings is 2. The standard InChI is InChI=1S/C19H20F2N2O2/c1-13(15-8-9-16(20)17(21)12-15)18(24)22-10-5-11-23-19(25)14-6-3-2-4-7-14/h2-4,6-9,12-13H,5,10-11H2,1H3,(H,22,24)(H,23,25)/t13-/m0/s1. The summed E-state index contributed by atoms with van der Waals surface area (Å²) in [4.78, 5) is 23.9. The van der Waals surface area contributed by atoms with E-state index >= 15 is 0 Å². The van der Waals surface area contributed by atoms with Crippen molar-refractivity contribution in [3.63, 3.8) is 0 Å². The highest BCUT2D eigenvalue weighted by Gasteiger charge is 2.16. The Hall–Kier alpha value is -2.76. The number of hydrogen-bond donors (Lipinski definition) is 2. The van der Waals surface area contributed by atoms with E-state index in [1.807, 2.05) is 6.07 Å². The van der Waals surface area contributed by atoms with E-state index < -0.39 is 17.6 Å². The third-order valence-corrected chi connectivity index (χ3v) is 3.81.